The molecule has 1 aliphatic rings. The van der Waals surface area contributed by atoms with Gasteiger partial charge >= 0.3 is 0 Å². The summed E-state index contributed by atoms with van der Waals surface area (Å²) < 4.78 is 38.4. The molecule has 2 aromatic rings. The van der Waals surface area contributed by atoms with E-state index < -0.39 is 10.0 Å². The molecule has 0 amide bonds. The second kappa shape index (κ2) is 8.33. The number of hydrogen-bond donors (Lipinski definition) is 1. The zero-order valence-electron chi connectivity index (χ0n) is 13.7. The molecule has 8 heteroatoms. The van der Waals surface area contributed by atoms with Gasteiger partial charge in [0.25, 0.3) is 0 Å². The average Bonchev–Trinajstić information content (AvgIpc) is 3.12. The van der Waals surface area contributed by atoms with Crippen molar-refractivity contribution in [2.75, 3.05) is 32.8 Å². The summed E-state index contributed by atoms with van der Waals surface area (Å²) in [7, 11) is -3.46. The van der Waals surface area contributed by atoms with Crippen LogP contribution < -0.4 is 4.72 Å². The van der Waals surface area contributed by atoms with Crippen LogP contribution in [0.2, 0.25) is 5.02 Å². The molecule has 1 fully saturated rings. The summed E-state index contributed by atoms with van der Waals surface area (Å²) in [4.78, 5) is 2.17. The minimum Gasteiger partial charge on any atom is -0.468 e. The van der Waals surface area contributed by atoms with Gasteiger partial charge in [-0.3, -0.25) is 4.90 Å². The molecule has 1 saturated heterocycles. The minimum absolute atomic E-state index is 0.0852. The highest BCUT2D eigenvalue weighted by molar-refractivity contribution is 7.88. The Balaban J connectivity index is 1.66. The predicted molar refractivity (Wildman–Crippen MR) is 95.9 cm³/mol. The van der Waals surface area contributed by atoms with Gasteiger partial charge in [-0.25, -0.2) is 13.1 Å². The molecule has 1 aromatic heterocycles. The number of sulfonamides is 1. The summed E-state index contributed by atoms with van der Waals surface area (Å²) in [5.41, 5.74) is 0.692. The highest BCUT2D eigenvalue weighted by Crippen LogP contribution is 2.22. The lowest BCUT2D eigenvalue weighted by molar-refractivity contribution is 0.0128. The highest BCUT2D eigenvalue weighted by atomic mass is 35.5. The number of nitrogens with zero attached hydrogens (tertiary/aromatic N) is 1. The highest BCUT2D eigenvalue weighted by Gasteiger charge is 2.26. The Morgan fingerprint density at radius 3 is 2.52 bits per heavy atom. The number of furan rings is 1. The Hall–Kier alpha value is -1.38. The van der Waals surface area contributed by atoms with E-state index in [-0.39, 0.29) is 18.3 Å². The van der Waals surface area contributed by atoms with E-state index in [0.29, 0.717) is 23.8 Å². The SMILES string of the molecule is O=S(=O)(Cc1ccc(Cl)cc1)NCC(c1ccco1)N1CCOCC1. The van der Waals surface area contributed by atoms with Crippen LogP contribution in [0.15, 0.2) is 47.1 Å². The Morgan fingerprint density at radius 1 is 1.16 bits per heavy atom. The lowest BCUT2D eigenvalue weighted by atomic mass is 10.2. The number of morpholine rings is 1. The largest absolute Gasteiger partial charge is 0.468 e. The van der Waals surface area contributed by atoms with Gasteiger partial charge in [0.05, 0.1) is 31.3 Å². The van der Waals surface area contributed by atoms with Crippen molar-refractivity contribution in [2.24, 2.45) is 0 Å². The third-order valence-electron chi connectivity index (χ3n) is 4.12. The van der Waals surface area contributed by atoms with Crippen LogP contribution in [0, 0.1) is 0 Å². The second-order valence-electron chi connectivity index (χ2n) is 5.91. The predicted octanol–water partition coefficient (Wildman–Crippen LogP) is 2.43. The summed E-state index contributed by atoms with van der Waals surface area (Å²) in [5, 5.41) is 0.583. The van der Waals surface area contributed by atoms with Gasteiger partial charge in [0, 0.05) is 24.7 Å². The van der Waals surface area contributed by atoms with E-state index >= 15 is 0 Å². The van der Waals surface area contributed by atoms with Gasteiger partial charge in [0.15, 0.2) is 0 Å². The summed E-state index contributed by atoms with van der Waals surface area (Å²) in [6.07, 6.45) is 1.60. The van der Waals surface area contributed by atoms with Crippen molar-refractivity contribution >= 4 is 21.6 Å². The molecule has 1 aromatic carbocycles. The molecule has 1 atom stereocenters. The van der Waals surface area contributed by atoms with Gasteiger partial charge in [-0.05, 0) is 29.8 Å². The van der Waals surface area contributed by atoms with Gasteiger partial charge in [-0.15, -0.1) is 0 Å². The molecule has 0 aliphatic carbocycles. The Kier molecular flexibility index (Phi) is 6.14. The fourth-order valence-corrected chi connectivity index (χ4v) is 4.11. The first-order chi connectivity index (χ1) is 12.0. The molecule has 1 unspecified atom stereocenters. The van der Waals surface area contributed by atoms with Crippen molar-refractivity contribution in [2.45, 2.75) is 11.8 Å². The molecule has 6 nitrogen and oxygen atoms in total. The Morgan fingerprint density at radius 2 is 1.88 bits per heavy atom. The van der Waals surface area contributed by atoms with Gasteiger partial charge in [0.1, 0.15) is 5.76 Å². The standard InChI is InChI=1S/C17H21ClN2O4S/c18-15-5-3-14(4-6-15)13-25(21,22)19-12-16(17-2-1-9-24-17)20-7-10-23-11-8-20/h1-6,9,16,19H,7-8,10-13H2. The molecular weight excluding hydrogens is 364 g/mol. The topological polar surface area (TPSA) is 71.8 Å². The molecular formula is C17H21ClN2O4S. The molecule has 3 rings (SSSR count). The lowest BCUT2D eigenvalue weighted by Gasteiger charge is -2.33. The van der Waals surface area contributed by atoms with E-state index in [4.69, 9.17) is 20.8 Å². The van der Waals surface area contributed by atoms with Crippen LogP contribution in [0.1, 0.15) is 17.4 Å². The smallest absolute Gasteiger partial charge is 0.215 e. The van der Waals surface area contributed by atoms with Gasteiger partial charge in [-0.2, -0.15) is 0 Å². The van der Waals surface area contributed by atoms with E-state index in [1.165, 1.54) is 0 Å². The molecule has 136 valence electrons. The molecule has 0 saturated carbocycles. The number of benzene rings is 1. The van der Waals surface area contributed by atoms with Crippen molar-refractivity contribution in [1.29, 1.82) is 0 Å². The Labute approximate surface area is 152 Å². The van der Waals surface area contributed by atoms with E-state index in [1.54, 1.807) is 30.5 Å². The number of rotatable bonds is 7. The van der Waals surface area contributed by atoms with Gasteiger partial charge < -0.3 is 9.15 Å². The fourth-order valence-electron chi connectivity index (χ4n) is 2.84. The summed E-state index contributed by atoms with van der Waals surface area (Å²) in [5.74, 6) is 0.661. The number of ether oxygens (including phenoxy) is 1. The van der Waals surface area contributed by atoms with Crippen molar-refractivity contribution in [1.82, 2.24) is 9.62 Å². The maximum absolute atomic E-state index is 12.4. The van der Waals surface area contributed by atoms with Crippen LogP contribution in [-0.4, -0.2) is 46.2 Å². The first-order valence-electron chi connectivity index (χ1n) is 8.10. The number of hydrogen-bond acceptors (Lipinski definition) is 5. The van der Waals surface area contributed by atoms with Crippen LogP contribution in [-0.2, 0) is 20.5 Å². The summed E-state index contributed by atoms with van der Waals surface area (Å²) in [6, 6.07) is 10.3. The van der Waals surface area contributed by atoms with Crippen LogP contribution in [0.3, 0.4) is 0 Å². The zero-order chi connectivity index (χ0) is 17.7. The normalized spacial score (nSPS) is 17.5. The maximum atomic E-state index is 12.4. The monoisotopic (exact) mass is 384 g/mol. The van der Waals surface area contributed by atoms with Crippen LogP contribution in [0.5, 0.6) is 0 Å². The second-order valence-corrected chi connectivity index (χ2v) is 8.16. The average molecular weight is 385 g/mol. The molecule has 1 aliphatic heterocycles. The quantitative estimate of drug-likeness (QED) is 0.793. The molecule has 2 heterocycles. The maximum Gasteiger partial charge on any atom is 0.215 e. The first-order valence-corrected chi connectivity index (χ1v) is 10.1. The summed E-state index contributed by atoms with van der Waals surface area (Å²) in [6.45, 7) is 3.00. The van der Waals surface area contributed by atoms with Crippen LogP contribution in [0.25, 0.3) is 0 Å². The molecule has 1 N–H and O–H groups in total. The molecule has 0 radical (unpaired) electrons. The van der Waals surface area contributed by atoms with Crippen molar-refractivity contribution < 1.29 is 17.6 Å². The third-order valence-corrected chi connectivity index (χ3v) is 5.70. The fraction of sp³-hybridized carbons (Fsp3) is 0.412. The van der Waals surface area contributed by atoms with Crippen LogP contribution >= 0.6 is 11.6 Å². The summed E-state index contributed by atoms with van der Waals surface area (Å²) >= 11 is 5.84. The molecule has 25 heavy (non-hydrogen) atoms. The first kappa shape index (κ1) is 18.4. The van der Waals surface area contributed by atoms with Crippen molar-refractivity contribution in [3.05, 3.63) is 59.0 Å². The number of nitrogens with one attached hydrogen (secondary N) is 1. The van der Waals surface area contributed by atoms with Gasteiger partial charge in [0.2, 0.25) is 10.0 Å². The number of halogens is 1. The van der Waals surface area contributed by atoms with Crippen LogP contribution in [0.4, 0.5) is 0 Å². The van der Waals surface area contributed by atoms with Crippen molar-refractivity contribution in [3.63, 3.8) is 0 Å². The zero-order valence-corrected chi connectivity index (χ0v) is 15.3. The van der Waals surface area contributed by atoms with E-state index in [1.807, 2.05) is 12.1 Å². The molecule has 0 bridgehead atoms. The Bertz CT molecular complexity index is 756. The van der Waals surface area contributed by atoms with E-state index in [0.717, 1.165) is 18.8 Å². The third kappa shape index (κ3) is 5.29. The minimum atomic E-state index is -3.46. The molecule has 0 spiro atoms. The lowest BCUT2D eigenvalue weighted by Crippen LogP contribution is -2.43. The van der Waals surface area contributed by atoms with Crippen molar-refractivity contribution in [3.8, 4) is 0 Å². The van der Waals surface area contributed by atoms with E-state index in [2.05, 4.69) is 9.62 Å². The van der Waals surface area contributed by atoms with E-state index in [9.17, 15) is 8.42 Å². The van der Waals surface area contributed by atoms with Gasteiger partial charge in [-0.1, -0.05) is 23.7 Å².